The fourth-order valence-electron chi connectivity index (χ4n) is 4.18. The normalized spacial score (nSPS) is 15.6. The van der Waals surface area contributed by atoms with Crippen molar-refractivity contribution in [3.05, 3.63) is 77.4 Å². The van der Waals surface area contributed by atoms with Crippen molar-refractivity contribution in [3.63, 3.8) is 0 Å². The van der Waals surface area contributed by atoms with Crippen LogP contribution in [-0.2, 0) is 14.8 Å². The largest absolute Gasteiger partial charge is 0.372 e. The Morgan fingerprint density at radius 3 is 2.37 bits per heavy atom. The third kappa shape index (κ3) is 6.02. The molecular weight excluding hydrogens is 485 g/mol. The molecule has 2 aromatic carbocycles. The molecule has 2 heterocycles. The number of piperidine rings is 1. The second-order valence-corrected chi connectivity index (χ2v) is 12.0. The molecular formula is C26H30FN3O3S2. The van der Waals surface area contributed by atoms with Crippen LogP contribution in [0.5, 0.6) is 0 Å². The summed E-state index contributed by atoms with van der Waals surface area (Å²) in [6, 6.07) is 16.0. The molecule has 3 aromatic rings. The molecule has 0 radical (unpaired) electrons. The number of carbonyl (C=O) groups is 1. The predicted molar refractivity (Wildman–Crippen MR) is 139 cm³/mol. The van der Waals surface area contributed by atoms with Gasteiger partial charge >= 0.3 is 0 Å². The van der Waals surface area contributed by atoms with Gasteiger partial charge in [-0.3, -0.25) is 9.10 Å². The third-order valence-electron chi connectivity index (χ3n) is 6.36. The number of carbonyl (C=O) groups excluding carboxylic acids is 1. The summed E-state index contributed by atoms with van der Waals surface area (Å²) in [6.07, 6.45) is 2.38. The summed E-state index contributed by atoms with van der Waals surface area (Å²) in [4.78, 5) is 15.3. The van der Waals surface area contributed by atoms with E-state index < -0.39 is 28.3 Å². The molecule has 0 aliphatic carbocycles. The molecule has 1 saturated heterocycles. The maximum atomic E-state index is 13.5. The summed E-state index contributed by atoms with van der Waals surface area (Å²) in [5.41, 5.74) is 2.33. The molecule has 1 unspecified atom stereocenters. The van der Waals surface area contributed by atoms with Crippen LogP contribution in [0.2, 0.25) is 0 Å². The molecule has 1 aliphatic rings. The number of hydrogen-bond acceptors (Lipinski definition) is 5. The Bertz CT molecular complexity index is 1220. The highest BCUT2D eigenvalue weighted by Gasteiger charge is 2.28. The standard InChI is InChI=1S/C26H30FN3O3S2/c1-19-13-15-29(16-14-19)23-9-5-21(6-10-23)20(2)28-25(31)18-30(24-11-7-22(27)8-12-24)35(32,33)26-4-3-17-34-26/h3-12,17,19-20H,13-16,18H2,1-2H3,(H,28,31). The van der Waals surface area contributed by atoms with Gasteiger partial charge in [-0.25, -0.2) is 12.8 Å². The number of halogens is 1. The Morgan fingerprint density at radius 1 is 1.11 bits per heavy atom. The highest BCUT2D eigenvalue weighted by Crippen LogP contribution is 2.27. The van der Waals surface area contributed by atoms with E-state index in [1.807, 2.05) is 19.1 Å². The minimum atomic E-state index is -3.98. The Balaban J connectivity index is 1.46. The van der Waals surface area contributed by atoms with Crippen molar-refractivity contribution in [2.75, 3.05) is 28.8 Å². The van der Waals surface area contributed by atoms with Gasteiger partial charge in [0, 0.05) is 18.8 Å². The minimum absolute atomic E-state index is 0.116. The van der Waals surface area contributed by atoms with Crippen LogP contribution in [0.15, 0.2) is 70.3 Å². The lowest BCUT2D eigenvalue weighted by Crippen LogP contribution is -2.41. The van der Waals surface area contributed by atoms with Crippen molar-refractivity contribution in [1.82, 2.24) is 5.32 Å². The number of sulfonamides is 1. The van der Waals surface area contributed by atoms with Crippen LogP contribution in [0, 0.1) is 11.7 Å². The number of rotatable bonds is 8. The number of nitrogens with one attached hydrogen (secondary N) is 1. The monoisotopic (exact) mass is 515 g/mol. The molecule has 1 N–H and O–H groups in total. The second kappa shape index (κ2) is 10.8. The molecule has 186 valence electrons. The number of benzene rings is 2. The van der Waals surface area contributed by atoms with Crippen LogP contribution in [0.1, 0.15) is 38.3 Å². The molecule has 6 nitrogen and oxygen atoms in total. The molecule has 0 saturated carbocycles. The SMILES string of the molecule is CC1CCN(c2ccc(C(C)NC(=O)CN(c3ccc(F)cc3)S(=O)(=O)c3cccs3)cc2)CC1. The van der Waals surface area contributed by atoms with Gasteiger partial charge < -0.3 is 10.2 Å². The van der Waals surface area contributed by atoms with Crippen LogP contribution in [0.3, 0.4) is 0 Å². The lowest BCUT2D eigenvalue weighted by molar-refractivity contribution is -0.120. The first-order valence-electron chi connectivity index (χ1n) is 11.7. The van der Waals surface area contributed by atoms with Gasteiger partial charge in [0.05, 0.1) is 11.7 Å². The smallest absolute Gasteiger partial charge is 0.274 e. The van der Waals surface area contributed by atoms with E-state index in [9.17, 15) is 17.6 Å². The molecule has 0 spiro atoms. The summed E-state index contributed by atoms with van der Waals surface area (Å²) >= 11 is 1.07. The average Bonchev–Trinajstić information content (AvgIpc) is 3.40. The van der Waals surface area contributed by atoms with Gasteiger partial charge in [-0.1, -0.05) is 25.1 Å². The Labute approximate surface area is 210 Å². The van der Waals surface area contributed by atoms with E-state index in [1.165, 1.54) is 48.9 Å². The number of amides is 1. The molecule has 1 aromatic heterocycles. The number of anilines is 2. The van der Waals surface area contributed by atoms with E-state index in [4.69, 9.17) is 0 Å². The van der Waals surface area contributed by atoms with Crippen LogP contribution in [0.25, 0.3) is 0 Å². The van der Waals surface area contributed by atoms with Gasteiger partial charge in [-0.05, 0) is 79.1 Å². The second-order valence-electron chi connectivity index (χ2n) is 8.97. The van der Waals surface area contributed by atoms with Gasteiger partial charge in [0.1, 0.15) is 16.6 Å². The number of thiophene rings is 1. The van der Waals surface area contributed by atoms with Gasteiger partial charge in [-0.2, -0.15) is 0 Å². The molecule has 1 amide bonds. The topological polar surface area (TPSA) is 69.7 Å². The maximum Gasteiger partial charge on any atom is 0.274 e. The van der Waals surface area contributed by atoms with Crippen molar-refractivity contribution in [2.45, 2.75) is 36.9 Å². The fourth-order valence-corrected chi connectivity index (χ4v) is 6.71. The van der Waals surface area contributed by atoms with Gasteiger partial charge in [0.15, 0.2) is 0 Å². The third-order valence-corrected chi connectivity index (χ3v) is 9.51. The Kier molecular flexibility index (Phi) is 7.76. The quantitative estimate of drug-likeness (QED) is 0.448. The zero-order valence-electron chi connectivity index (χ0n) is 19.9. The van der Waals surface area contributed by atoms with Gasteiger partial charge in [0.25, 0.3) is 10.0 Å². The lowest BCUT2D eigenvalue weighted by atomic mass is 9.98. The predicted octanol–water partition coefficient (Wildman–Crippen LogP) is 5.20. The van der Waals surface area contributed by atoms with Crippen molar-refractivity contribution >= 4 is 38.6 Å². The van der Waals surface area contributed by atoms with E-state index in [-0.39, 0.29) is 15.9 Å². The highest BCUT2D eigenvalue weighted by atomic mass is 32.2. The first-order valence-corrected chi connectivity index (χ1v) is 14.0. The summed E-state index contributed by atoms with van der Waals surface area (Å²) in [6.45, 7) is 5.83. The van der Waals surface area contributed by atoms with E-state index >= 15 is 0 Å². The van der Waals surface area contributed by atoms with E-state index in [0.29, 0.717) is 0 Å². The van der Waals surface area contributed by atoms with Crippen LogP contribution in [0.4, 0.5) is 15.8 Å². The number of hydrogen-bond donors (Lipinski definition) is 1. The van der Waals surface area contributed by atoms with Crippen LogP contribution >= 0.6 is 11.3 Å². The molecule has 0 bridgehead atoms. The Morgan fingerprint density at radius 2 is 1.77 bits per heavy atom. The van der Waals surface area contributed by atoms with Crippen LogP contribution in [-0.4, -0.2) is 34.0 Å². The fraction of sp³-hybridized carbons (Fsp3) is 0.346. The van der Waals surface area contributed by atoms with Crippen molar-refractivity contribution in [1.29, 1.82) is 0 Å². The molecule has 1 fully saturated rings. The molecule has 1 aliphatic heterocycles. The molecule has 35 heavy (non-hydrogen) atoms. The van der Waals surface area contributed by atoms with Gasteiger partial charge in [-0.15, -0.1) is 11.3 Å². The zero-order chi connectivity index (χ0) is 25.0. The summed E-state index contributed by atoms with van der Waals surface area (Å²) < 4.78 is 41.1. The maximum absolute atomic E-state index is 13.5. The molecule has 9 heteroatoms. The van der Waals surface area contributed by atoms with Gasteiger partial charge in [0.2, 0.25) is 5.91 Å². The summed E-state index contributed by atoms with van der Waals surface area (Å²) in [5.74, 6) is -0.169. The van der Waals surface area contributed by atoms with Crippen LogP contribution < -0.4 is 14.5 Å². The summed E-state index contributed by atoms with van der Waals surface area (Å²) in [7, 11) is -3.98. The lowest BCUT2D eigenvalue weighted by Gasteiger charge is -2.32. The van der Waals surface area contributed by atoms with Crippen molar-refractivity contribution < 1.29 is 17.6 Å². The van der Waals surface area contributed by atoms with E-state index in [2.05, 4.69) is 29.3 Å². The molecule has 1 atom stereocenters. The summed E-state index contributed by atoms with van der Waals surface area (Å²) in [5, 5.41) is 4.56. The minimum Gasteiger partial charge on any atom is -0.372 e. The average molecular weight is 516 g/mol. The molecule has 4 rings (SSSR count). The highest BCUT2D eigenvalue weighted by molar-refractivity contribution is 7.94. The Hall–Kier alpha value is -2.91. The van der Waals surface area contributed by atoms with E-state index in [1.54, 1.807) is 11.4 Å². The first-order chi connectivity index (χ1) is 16.7. The van der Waals surface area contributed by atoms with Crippen molar-refractivity contribution in [2.24, 2.45) is 5.92 Å². The first kappa shape index (κ1) is 25.2. The number of nitrogens with zero attached hydrogens (tertiary/aromatic N) is 2. The van der Waals surface area contributed by atoms with E-state index in [0.717, 1.165) is 40.2 Å². The zero-order valence-corrected chi connectivity index (χ0v) is 21.5. The van der Waals surface area contributed by atoms with Crippen molar-refractivity contribution in [3.8, 4) is 0 Å².